The molecule has 1 fully saturated rings. The fourth-order valence-electron chi connectivity index (χ4n) is 2.85. The number of aromatic nitrogens is 3. The van der Waals surface area contributed by atoms with Crippen molar-refractivity contribution >= 4 is 17.0 Å². The Labute approximate surface area is 134 Å². The van der Waals surface area contributed by atoms with Crippen molar-refractivity contribution in [3.63, 3.8) is 0 Å². The van der Waals surface area contributed by atoms with Crippen molar-refractivity contribution in [3.8, 4) is 10.6 Å². The molecular weight excluding hydrogens is 325 g/mol. The Kier molecular flexibility index (Phi) is 3.38. The van der Waals surface area contributed by atoms with E-state index in [1.807, 2.05) is 5.38 Å². The summed E-state index contributed by atoms with van der Waals surface area (Å²) in [6.45, 7) is 1.60. The molecule has 0 amide bonds. The second-order valence-electron chi connectivity index (χ2n) is 5.53. The highest BCUT2D eigenvalue weighted by Gasteiger charge is 2.36. The average molecular weight is 338 g/mol. The number of rotatable bonds is 2. The van der Waals surface area contributed by atoms with Crippen LogP contribution in [-0.4, -0.2) is 27.7 Å². The third-order valence-electron chi connectivity index (χ3n) is 3.99. The van der Waals surface area contributed by atoms with Gasteiger partial charge < -0.3 is 5.32 Å². The largest absolute Gasteiger partial charge is 0.433 e. The maximum atomic E-state index is 13.4. The first-order valence-corrected chi connectivity index (χ1v) is 8.13. The van der Waals surface area contributed by atoms with Gasteiger partial charge in [0.2, 0.25) is 0 Å². The molecule has 0 radical (unpaired) electrons. The van der Waals surface area contributed by atoms with Crippen molar-refractivity contribution < 1.29 is 13.2 Å². The van der Waals surface area contributed by atoms with Crippen molar-refractivity contribution in [1.29, 1.82) is 0 Å². The maximum Gasteiger partial charge on any atom is 0.433 e. The lowest BCUT2D eigenvalue weighted by Crippen LogP contribution is -2.14. The van der Waals surface area contributed by atoms with Gasteiger partial charge in [-0.2, -0.15) is 18.3 Å². The summed E-state index contributed by atoms with van der Waals surface area (Å²) in [7, 11) is 0. The molecule has 1 aliphatic heterocycles. The lowest BCUT2D eigenvalue weighted by atomic mass is 10.1. The van der Waals surface area contributed by atoms with Gasteiger partial charge in [-0.3, -0.25) is 0 Å². The zero-order valence-corrected chi connectivity index (χ0v) is 12.8. The van der Waals surface area contributed by atoms with E-state index in [2.05, 4.69) is 15.4 Å². The molecule has 3 aromatic rings. The van der Waals surface area contributed by atoms with Crippen LogP contribution in [0.15, 0.2) is 29.6 Å². The Morgan fingerprint density at radius 1 is 1.30 bits per heavy atom. The van der Waals surface area contributed by atoms with Gasteiger partial charge in [0.15, 0.2) is 11.3 Å². The minimum Gasteiger partial charge on any atom is -0.316 e. The van der Waals surface area contributed by atoms with Gasteiger partial charge in [-0.15, -0.1) is 11.3 Å². The number of fused-ring (bicyclic) bond motifs is 1. The van der Waals surface area contributed by atoms with E-state index >= 15 is 0 Å². The van der Waals surface area contributed by atoms with E-state index < -0.39 is 11.9 Å². The Bertz CT molecular complexity index is 832. The Morgan fingerprint density at radius 3 is 2.83 bits per heavy atom. The van der Waals surface area contributed by atoms with E-state index in [1.54, 1.807) is 18.2 Å². The molecule has 0 bridgehead atoms. The van der Waals surface area contributed by atoms with Crippen LogP contribution in [0.5, 0.6) is 0 Å². The Morgan fingerprint density at radius 2 is 2.17 bits per heavy atom. The second-order valence-corrected chi connectivity index (χ2v) is 6.48. The topological polar surface area (TPSA) is 42.2 Å². The number of thiophene rings is 1. The van der Waals surface area contributed by atoms with Gasteiger partial charge in [-0.05, 0) is 30.5 Å². The number of hydrogen-bond donors (Lipinski definition) is 1. The van der Waals surface area contributed by atoms with E-state index in [-0.39, 0.29) is 11.6 Å². The molecule has 4 heterocycles. The fourth-order valence-corrected chi connectivity index (χ4v) is 3.54. The molecule has 1 N–H and O–H groups in total. The van der Waals surface area contributed by atoms with E-state index in [9.17, 15) is 13.2 Å². The summed E-state index contributed by atoms with van der Waals surface area (Å²) >= 11 is 1.37. The summed E-state index contributed by atoms with van der Waals surface area (Å²) < 4.78 is 41.2. The zero-order chi connectivity index (χ0) is 16.0. The maximum absolute atomic E-state index is 13.4. The normalized spacial score (nSPS) is 18.8. The van der Waals surface area contributed by atoms with Gasteiger partial charge in [-0.25, -0.2) is 9.50 Å². The van der Waals surface area contributed by atoms with Gasteiger partial charge in [0.05, 0.1) is 16.3 Å². The third-order valence-corrected chi connectivity index (χ3v) is 4.88. The Balaban J connectivity index is 1.91. The molecule has 4 rings (SSSR count). The van der Waals surface area contributed by atoms with Crippen molar-refractivity contribution in [2.24, 2.45) is 0 Å². The summed E-state index contributed by atoms with van der Waals surface area (Å²) in [4.78, 5) is 5.09. The number of hydrogen-bond acceptors (Lipinski definition) is 4. The first kappa shape index (κ1) is 14.6. The monoisotopic (exact) mass is 338 g/mol. The lowest BCUT2D eigenvalue weighted by molar-refractivity contribution is -0.142. The van der Waals surface area contributed by atoms with E-state index in [0.717, 1.165) is 30.1 Å². The van der Waals surface area contributed by atoms with Crippen molar-refractivity contribution in [1.82, 2.24) is 19.9 Å². The van der Waals surface area contributed by atoms with Crippen LogP contribution in [0.4, 0.5) is 13.2 Å². The van der Waals surface area contributed by atoms with Crippen LogP contribution in [0.25, 0.3) is 16.2 Å². The smallest absolute Gasteiger partial charge is 0.316 e. The highest BCUT2D eigenvalue weighted by Crippen LogP contribution is 2.34. The molecule has 23 heavy (non-hydrogen) atoms. The van der Waals surface area contributed by atoms with E-state index in [4.69, 9.17) is 0 Å². The van der Waals surface area contributed by atoms with Crippen LogP contribution in [0.3, 0.4) is 0 Å². The third kappa shape index (κ3) is 2.61. The van der Waals surface area contributed by atoms with Crippen molar-refractivity contribution in [2.75, 3.05) is 13.1 Å². The van der Waals surface area contributed by atoms with Gasteiger partial charge in [-0.1, -0.05) is 6.07 Å². The summed E-state index contributed by atoms with van der Waals surface area (Å²) in [5.41, 5.74) is 0.445. The summed E-state index contributed by atoms with van der Waals surface area (Å²) in [6, 6.07) is 6.31. The molecule has 1 atom stereocenters. The van der Waals surface area contributed by atoms with Crippen LogP contribution in [0, 0.1) is 0 Å². The molecule has 4 nitrogen and oxygen atoms in total. The molecular formula is C15H13F3N4S. The molecule has 0 aromatic carbocycles. The Hall–Kier alpha value is -1.93. The van der Waals surface area contributed by atoms with Gasteiger partial charge in [0.25, 0.3) is 0 Å². The van der Waals surface area contributed by atoms with Crippen molar-refractivity contribution in [2.45, 2.75) is 18.5 Å². The predicted octanol–water partition coefficient (Wildman–Crippen LogP) is 3.55. The van der Waals surface area contributed by atoms with E-state index in [0.29, 0.717) is 16.3 Å². The predicted molar refractivity (Wildman–Crippen MR) is 81.5 cm³/mol. The SMILES string of the molecule is FC(F)(F)c1cc(-c2cccs2)nc2cc([C@H]3CCNC3)nn12. The van der Waals surface area contributed by atoms with Crippen LogP contribution in [0.2, 0.25) is 0 Å². The van der Waals surface area contributed by atoms with E-state index in [1.165, 1.54) is 11.3 Å². The van der Waals surface area contributed by atoms with Crippen molar-refractivity contribution in [3.05, 3.63) is 41.0 Å². The molecule has 8 heteroatoms. The second kappa shape index (κ2) is 5.31. The summed E-state index contributed by atoms with van der Waals surface area (Å²) in [5.74, 6) is 0.142. The van der Waals surface area contributed by atoms with Gasteiger partial charge in [0, 0.05) is 18.5 Å². The number of alkyl halides is 3. The molecule has 0 aliphatic carbocycles. The summed E-state index contributed by atoms with van der Waals surface area (Å²) in [6.07, 6.45) is -3.60. The van der Waals surface area contributed by atoms with Gasteiger partial charge in [0.1, 0.15) is 0 Å². The zero-order valence-electron chi connectivity index (χ0n) is 12.0. The standard InChI is InChI=1S/C15H13F3N4S/c16-15(17,18)13-6-11(12-2-1-5-23-12)20-14-7-10(21-22(13)14)9-3-4-19-8-9/h1-2,5-7,9,19H,3-4,8H2/t9-/m0/s1. The molecule has 0 spiro atoms. The minimum absolute atomic E-state index is 0.142. The first-order valence-electron chi connectivity index (χ1n) is 7.25. The van der Waals surface area contributed by atoms with Crippen LogP contribution in [0.1, 0.15) is 23.7 Å². The van der Waals surface area contributed by atoms with Gasteiger partial charge >= 0.3 is 6.18 Å². The number of halogens is 3. The number of nitrogens with zero attached hydrogens (tertiary/aromatic N) is 3. The first-order chi connectivity index (χ1) is 11.0. The molecule has 1 aliphatic rings. The quantitative estimate of drug-likeness (QED) is 0.777. The summed E-state index contributed by atoms with van der Waals surface area (Å²) in [5, 5.41) is 9.20. The number of nitrogens with one attached hydrogen (secondary N) is 1. The minimum atomic E-state index is -4.48. The highest BCUT2D eigenvalue weighted by molar-refractivity contribution is 7.13. The molecule has 0 saturated carbocycles. The van der Waals surface area contributed by atoms with Crippen LogP contribution in [-0.2, 0) is 6.18 Å². The highest BCUT2D eigenvalue weighted by atomic mass is 32.1. The average Bonchev–Trinajstić information content (AvgIpc) is 3.24. The molecule has 3 aromatic heterocycles. The fraction of sp³-hybridized carbons (Fsp3) is 0.333. The molecule has 0 unspecified atom stereocenters. The lowest BCUT2D eigenvalue weighted by Gasteiger charge is -2.10. The van der Waals surface area contributed by atoms with Crippen LogP contribution >= 0.6 is 11.3 Å². The molecule has 120 valence electrons. The van der Waals surface area contributed by atoms with Crippen LogP contribution < -0.4 is 5.32 Å². The molecule has 1 saturated heterocycles.